The van der Waals surface area contributed by atoms with Gasteiger partial charge in [0.15, 0.2) is 0 Å². The first-order valence-electron chi connectivity index (χ1n) is 5.46. The van der Waals surface area contributed by atoms with E-state index in [4.69, 9.17) is 5.11 Å². The highest BCUT2D eigenvalue weighted by atomic mass is 16.4. The molecule has 0 aliphatic heterocycles. The Balaban J connectivity index is 2.58. The molecule has 2 N–H and O–H groups in total. The van der Waals surface area contributed by atoms with Gasteiger partial charge in [0.1, 0.15) is 0 Å². The molecule has 16 heavy (non-hydrogen) atoms. The second kappa shape index (κ2) is 5.55. The molecule has 1 rings (SSSR count). The van der Waals surface area contributed by atoms with Crippen molar-refractivity contribution in [1.29, 1.82) is 0 Å². The van der Waals surface area contributed by atoms with E-state index in [1.165, 1.54) is 0 Å². The third-order valence-corrected chi connectivity index (χ3v) is 2.98. The minimum Gasteiger partial charge on any atom is -0.481 e. The number of carbonyl (C=O) groups excluding carboxylic acids is 1. The summed E-state index contributed by atoms with van der Waals surface area (Å²) in [5, 5.41) is 11.7. The van der Waals surface area contributed by atoms with Crippen molar-refractivity contribution in [3.05, 3.63) is 0 Å². The molecule has 0 bridgehead atoms. The molecule has 88 valence electrons. The van der Waals surface area contributed by atoms with Crippen LogP contribution in [0.1, 0.15) is 26.7 Å². The summed E-state index contributed by atoms with van der Waals surface area (Å²) in [5.74, 6) is 3.72. The fourth-order valence-corrected chi connectivity index (χ4v) is 2.21. The summed E-state index contributed by atoms with van der Waals surface area (Å²) in [6.45, 7) is 3.98. The summed E-state index contributed by atoms with van der Waals surface area (Å²) in [6, 6.07) is 0. The predicted molar refractivity (Wildman–Crippen MR) is 59.5 cm³/mol. The Hall–Kier alpha value is -1.50. The van der Waals surface area contributed by atoms with Gasteiger partial charge in [0.2, 0.25) is 5.91 Å². The molecule has 0 aromatic carbocycles. The number of hydrogen-bond donors (Lipinski definition) is 2. The smallest absolute Gasteiger partial charge is 0.307 e. The number of aliphatic carboxylic acids is 1. The molecule has 0 aromatic rings. The van der Waals surface area contributed by atoms with E-state index in [0.29, 0.717) is 25.3 Å². The first-order valence-corrected chi connectivity index (χ1v) is 5.46. The normalized spacial score (nSPS) is 28.0. The van der Waals surface area contributed by atoms with Gasteiger partial charge in [-0.1, -0.05) is 12.8 Å². The Kier molecular flexibility index (Phi) is 4.36. The van der Waals surface area contributed by atoms with E-state index in [1.807, 2.05) is 6.92 Å². The molecular weight excluding hydrogens is 206 g/mol. The Morgan fingerprint density at radius 3 is 2.56 bits per heavy atom. The Morgan fingerprint density at radius 2 is 2.00 bits per heavy atom. The Labute approximate surface area is 95.4 Å². The predicted octanol–water partition coefficient (Wildman–Crippen LogP) is 0.873. The first-order chi connectivity index (χ1) is 7.56. The number of rotatable bonds is 3. The molecule has 0 heterocycles. The lowest BCUT2D eigenvalue weighted by atomic mass is 9.95. The van der Waals surface area contributed by atoms with Crippen molar-refractivity contribution in [2.24, 2.45) is 17.8 Å². The van der Waals surface area contributed by atoms with Gasteiger partial charge in [-0.05, 0) is 25.7 Å². The van der Waals surface area contributed by atoms with Crippen molar-refractivity contribution in [2.75, 3.05) is 6.54 Å². The highest BCUT2D eigenvalue weighted by Crippen LogP contribution is 2.36. The number of amides is 1. The van der Waals surface area contributed by atoms with Gasteiger partial charge in [0.05, 0.1) is 18.4 Å². The molecule has 4 nitrogen and oxygen atoms in total. The first kappa shape index (κ1) is 12.6. The second-order valence-electron chi connectivity index (χ2n) is 4.27. The van der Waals surface area contributed by atoms with Gasteiger partial charge >= 0.3 is 5.97 Å². The summed E-state index contributed by atoms with van der Waals surface area (Å²) >= 11 is 0. The van der Waals surface area contributed by atoms with Crippen LogP contribution in [0.2, 0.25) is 0 Å². The Morgan fingerprint density at radius 1 is 1.38 bits per heavy atom. The van der Waals surface area contributed by atoms with E-state index in [9.17, 15) is 9.59 Å². The van der Waals surface area contributed by atoms with Crippen molar-refractivity contribution >= 4 is 11.9 Å². The lowest BCUT2D eigenvalue weighted by Crippen LogP contribution is -2.35. The van der Waals surface area contributed by atoms with Crippen molar-refractivity contribution in [3.8, 4) is 11.8 Å². The molecule has 1 fully saturated rings. The Bertz CT molecular complexity index is 340. The summed E-state index contributed by atoms with van der Waals surface area (Å²) in [7, 11) is 0. The van der Waals surface area contributed by atoms with Crippen molar-refractivity contribution in [1.82, 2.24) is 5.32 Å². The highest BCUT2D eigenvalue weighted by Gasteiger charge is 2.40. The van der Waals surface area contributed by atoms with Crippen LogP contribution in [0.25, 0.3) is 0 Å². The summed E-state index contributed by atoms with van der Waals surface area (Å²) in [6.07, 6.45) is 1.25. The monoisotopic (exact) mass is 223 g/mol. The molecule has 1 saturated carbocycles. The zero-order valence-corrected chi connectivity index (χ0v) is 9.62. The number of carboxylic acid groups (broad SMARTS) is 1. The van der Waals surface area contributed by atoms with Gasteiger partial charge in [-0.2, -0.15) is 0 Å². The van der Waals surface area contributed by atoms with Gasteiger partial charge in [-0.25, -0.2) is 0 Å². The molecule has 3 atom stereocenters. The quantitative estimate of drug-likeness (QED) is 0.698. The van der Waals surface area contributed by atoms with E-state index in [0.717, 1.165) is 0 Å². The molecule has 0 spiro atoms. The van der Waals surface area contributed by atoms with Gasteiger partial charge in [-0.3, -0.25) is 9.59 Å². The molecule has 4 heteroatoms. The minimum atomic E-state index is -0.869. The molecule has 1 unspecified atom stereocenters. The fourth-order valence-electron chi connectivity index (χ4n) is 2.21. The summed E-state index contributed by atoms with van der Waals surface area (Å²) < 4.78 is 0. The van der Waals surface area contributed by atoms with Crippen LogP contribution < -0.4 is 5.32 Å². The largest absolute Gasteiger partial charge is 0.481 e. The van der Waals surface area contributed by atoms with E-state index in [2.05, 4.69) is 17.2 Å². The van der Waals surface area contributed by atoms with Crippen molar-refractivity contribution in [3.63, 3.8) is 0 Å². The molecule has 0 radical (unpaired) electrons. The van der Waals surface area contributed by atoms with Crippen LogP contribution in [0.4, 0.5) is 0 Å². The second-order valence-corrected chi connectivity index (χ2v) is 4.27. The van der Waals surface area contributed by atoms with E-state index >= 15 is 0 Å². The highest BCUT2D eigenvalue weighted by molar-refractivity contribution is 5.85. The van der Waals surface area contributed by atoms with Crippen molar-refractivity contribution in [2.45, 2.75) is 26.7 Å². The van der Waals surface area contributed by atoms with Gasteiger partial charge in [0, 0.05) is 0 Å². The average Bonchev–Trinajstić information content (AvgIpc) is 2.61. The maximum absolute atomic E-state index is 11.7. The van der Waals surface area contributed by atoms with Gasteiger partial charge in [0.25, 0.3) is 0 Å². The molecule has 1 aliphatic carbocycles. The minimum absolute atomic E-state index is 0.181. The molecule has 1 aliphatic rings. The van der Waals surface area contributed by atoms with Crippen LogP contribution in [0, 0.1) is 29.6 Å². The zero-order valence-electron chi connectivity index (χ0n) is 9.62. The van der Waals surface area contributed by atoms with E-state index < -0.39 is 17.8 Å². The third kappa shape index (κ3) is 2.99. The van der Waals surface area contributed by atoms with Crippen LogP contribution in [0.15, 0.2) is 0 Å². The number of nitrogens with one attached hydrogen (secondary N) is 1. The van der Waals surface area contributed by atoms with Crippen molar-refractivity contribution < 1.29 is 14.7 Å². The average molecular weight is 223 g/mol. The van der Waals surface area contributed by atoms with Gasteiger partial charge < -0.3 is 10.4 Å². The maximum Gasteiger partial charge on any atom is 0.307 e. The molecule has 0 saturated heterocycles. The van der Waals surface area contributed by atoms with Crippen LogP contribution in [-0.2, 0) is 9.59 Å². The van der Waals surface area contributed by atoms with Crippen LogP contribution in [-0.4, -0.2) is 23.5 Å². The van der Waals surface area contributed by atoms with Crippen LogP contribution in [0.5, 0.6) is 0 Å². The van der Waals surface area contributed by atoms with E-state index in [1.54, 1.807) is 6.92 Å². The topological polar surface area (TPSA) is 66.4 Å². The SMILES string of the molecule is CC#CCNC(=O)[C@H]1CC(C)C[C@H]1C(=O)O. The standard InChI is InChI=1S/C12H17NO3/c1-3-4-5-13-11(14)9-6-8(2)7-10(9)12(15)16/h8-10H,5-7H2,1-2H3,(H,13,14)(H,15,16)/t8?,9-,10+/m0/s1. The fraction of sp³-hybridized carbons (Fsp3) is 0.667. The molecule has 1 amide bonds. The molecule has 0 aromatic heterocycles. The number of hydrogen-bond acceptors (Lipinski definition) is 2. The lowest BCUT2D eigenvalue weighted by Gasteiger charge is -2.14. The summed E-state index contributed by atoms with van der Waals surface area (Å²) in [4.78, 5) is 22.7. The lowest BCUT2D eigenvalue weighted by molar-refractivity contribution is -0.146. The summed E-state index contributed by atoms with van der Waals surface area (Å²) in [5.41, 5.74) is 0. The van der Waals surface area contributed by atoms with Gasteiger partial charge in [-0.15, -0.1) is 5.92 Å². The number of carbonyl (C=O) groups is 2. The van der Waals surface area contributed by atoms with Crippen LogP contribution >= 0.6 is 0 Å². The van der Waals surface area contributed by atoms with E-state index in [-0.39, 0.29) is 5.91 Å². The zero-order chi connectivity index (χ0) is 12.1. The maximum atomic E-state index is 11.7. The molecular formula is C12H17NO3. The van der Waals surface area contributed by atoms with Crippen LogP contribution in [0.3, 0.4) is 0 Å². The third-order valence-electron chi connectivity index (χ3n) is 2.98. The number of carboxylic acids is 1.